The lowest BCUT2D eigenvalue weighted by atomic mass is 10.1. The maximum atomic E-state index is 13.2. The monoisotopic (exact) mass is 214 g/mol. The Morgan fingerprint density at radius 2 is 2.12 bits per heavy atom. The average molecular weight is 214 g/mol. The third kappa shape index (κ3) is 1.20. The SMILES string of the molecule is O=c1[nH]ccc2ncc3ccc(F)cc3c12. The second-order valence-electron chi connectivity index (χ2n) is 3.56. The zero-order valence-corrected chi connectivity index (χ0v) is 8.20. The van der Waals surface area contributed by atoms with E-state index in [-0.39, 0.29) is 11.4 Å². The van der Waals surface area contributed by atoms with Crippen LogP contribution in [-0.2, 0) is 0 Å². The third-order valence-electron chi connectivity index (χ3n) is 2.57. The van der Waals surface area contributed by atoms with Crippen molar-refractivity contribution in [2.45, 2.75) is 0 Å². The maximum absolute atomic E-state index is 13.2. The van der Waals surface area contributed by atoms with Gasteiger partial charge < -0.3 is 4.98 Å². The minimum atomic E-state index is -0.358. The fourth-order valence-corrected chi connectivity index (χ4v) is 1.83. The molecule has 0 aliphatic carbocycles. The molecule has 0 aliphatic rings. The van der Waals surface area contributed by atoms with Crippen molar-refractivity contribution in [3.8, 4) is 0 Å². The molecule has 1 aromatic carbocycles. The third-order valence-corrected chi connectivity index (χ3v) is 2.57. The van der Waals surface area contributed by atoms with Gasteiger partial charge in [-0.2, -0.15) is 0 Å². The quantitative estimate of drug-likeness (QED) is 0.583. The lowest BCUT2D eigenvalue weighted by Crippen LogP contribution is -2.05. The molecule has 78 valence electrons. The first-order valence-electron chi connectivity index (χ1n) is 4.81. The average Bonchev–Trinajstić information content (AvgIpc) is 2.28. The Balaban J connectivity index is 2.67. The second-order valence-corrected chi connectivity index (χ2v) is 3.56. The minimum Gasteiger partial charge on any atom is -0.328 e. The summed E-state index contributed by atoms with van der Waals surface area (Å²) in [5.41, 5.74) is 0.322. The summed E-state index contributed by atoms with van der Waals surface area (Å²) >= 11 is 0. The highest BCUT2D eigenvalue weighted by atomic mass is 19.1. The second kappa shape index (κ2) is 3.13. The predicted molar refractivity (Wildman–Crippen MR) is 59.8 cm³/mol. The van der Waals surface area contributed by atoms with Gasteiger partial charge in [0.1, 0.15) is 5.82 Å². The Morgan fingerprint density at radius 3 is 3.00 bits per heavy atom. The van der Waals surface area contributed by atoms with Crippen LogP contribution < -0.4 is 5.56 Å². The molecule has 4 heteroatoms. The fraction of sp³-hybridized carbons (Fsp3) is 0. The molecular weight excluding hydrogens is 207 g/mol. The van der Waals surface area contributed by atoms with E-state index in [1.807, 2.05) is 0 Å². The van der Waals surface area contributed by atoms with E-state index >= 15 is 0 Å². The molecule has 0 fully saturated rings. The fourth-order valence-electron chi connectivity index (χ4n) is 1.83. The van der Waals surface area contributed by atoms with Crippen molar-refractivity contribution < 1.29 is 4.39 Å². The molecule has 0 bridgehead atoms. The van der Waals surface area contributed by atoms with E-state index in [1.54, 1.807) is 18.3 Å². The van der Waals surface area contributed by atoms with Crippen molar-refractivity contribution in [2.75, 3.05) is 0 Å². The number of rotatable bonds is 0. The van der Waals surface area contributed by atoms with Crippen LogP contribution in [0.15, 0.2) is 41.5 Å². The summed E-state index contributed by atoms with van der Waals surface area (Å²) < 4.78 is 13.2. The van der Waals surface area contributed by atoms with Crippen LogP contribution in [0.1, 0.15) is 0 Å². The number of hydrogen-bond donors (Lipinski definition) is 1. The predicted octanol–water partition coefficient (Wildman–Crippen LogP) is 2.22. The van der Waals surface area contributed by atoms with Gasteiger partial charge in [-0.25, -0.2) is 4.39 Å². The Kier molecular flexibility index (Phi) is 1.77. The van der Waals surface area contributed by atoms with E-state index in [9.17, 15) is 9.18 Å². The molecule has 1 N–H and O–H groups in total. The van der Waals surface area contributed by atoms with Gasteiger partial charge in [-0.3, -0.25) is 9.78 Å². The number of nitrogens with zero attached hydrogens (tertiary/aromatic N) is 1. The van der Waals surface area contributed by atoms with Crippen LogP contribution in [0.25, 0.3) is 21.7 Å². The molecule has 0 radical (unpaired) electrons. The topological polar surface area (TPSA) is 45.8 Å². The van der Waals surface area contributed by atoms with Gasteiger partial charge in [-0.05, 0) is 24.3 Å². The molecule has 2 heterocycles. The number of aromatic nitrogens is 2. The van der Waals surface area contributed by atoms with Gasteiger partial charge in [0, 0.05) is 23.2 Å². The molecular formula is C12H7FN2O. The zero-order chi connectivity index (χ0) is 11.1. The Hall–Kier alpha value is -2.23. The van der Waals surface area contributed by atoms with E-state index in [2.05, 4.69) is 9.97 Å². The Bertz CT molecular complexity index is 749. The van der Waals surface area contributed by atoms with Gasteiger partial charge in [0.2, 0.25) is 0 Å². The molecule has 0 unspecified atom stereocenters. The van der Waals surface area contributed by atoms with Gasteiger partial charge in [0.15, 0.2) is 0 Å². The van der Waals surface area contributed by atoms with E-state index in [0.29, 0.717) is 16.3 Å². The number of pyridine rings is 2. The highest BCUT2D eigenvalue weighted by Gasteiger charge is 2.05. The van der Waals surface area contributed by atoms with Gasteiger partial charge in [-0.1, -0.05) is 0 Å². The van der Waals surface area contributed by atoms with Crippen LogP contribution in [0.2, 0.25) is 0 Å². The number of halogens is 1. The highest BCUT2D eigenvalue weighted by Crippen LogP contribution is 2.20. The molecule has 0 saturated heterocycles. The summed E-state index contributed by atoms with van der Waals surface area (Å²) in [6.45, 7) is 0. The van der Waals surface area contributed by atoms with E-state index in [1.165, 1.54) is 18.3 Å². The van der Waals surface area contributed by atoms with Gasteiger partial charge in [0.25, 0.3) is 5.56 Å². The number of benzene rings is 1. The molecule has 3 aromatic rings. The van der Waals surface area contributed by atoms with Crippen LogP contribution in [-0.4, -0.2) is 9.97 Å². The Morgan fingerprint density at radius 1 is 1.25 bits per heavy atom. The van der Waals surface area contributed by atoms with Crippen molar-refractivity contribution in [1.82, 2.24) is 9.97 Å². The van der Waals surface area contributed by atoms with Crippen LogP contribution in [0.3, 0.4) is 0 Å². The number of fused-ring (bicyclic) bond motifs is 3. The lowest BCUT2D eigenvalue weighted by Gasteiger charge is -2.01. The zero-order valence-electron chi connectivity index (χ0n) is 8.20. The summed E-state index contributed by atoms with van der Waals surface area (Å²) in [6.07, 6.45) is 3.17. The normalized spacial score (nSPS) is 11.1. The molecule has 3 rings (SSSR count). The Labute approximate surface area is 89.6 Å². The molecule has 2 aromatic heterocycles. The summed E-state index contributed by atoms with van der Waals surface area (Å²) in [5, 5.41) is 1.77. The molecule has 0 saturated carbocycles. The summed E-state index contributed by atoms with van der Waals surface area (Å²) in [7, 11) is 0. The number of hydrogen-bond acceptors (Lipinski definition) is 2. The van der Waals surface area contributed by atoms with Crippen molar-refractivity contribution in [3.63, 3.8) is 0 Å². The molecule has 16 heavy (non-hydrogen) atoms. The highest BCUT2D eigenvalue weighted by molar-refractivity contribution is 6.04. The first-order valence-corrected chi connectivity index (χ1v) is 4.81. The molecule has 0 aliphatic heterocycles. The van der Waals surface area contributed by atoms with Crippen molar-refractivity contribution in [3.05, 3.63) is 52.8 Å². The van der Waals surface area contributed by atoms with E-state index < -0.39 is 0 Å². The van der Waals surface area contributed by atoms with Gasteiger partial charge in [-0.15, -0.1) is 0 Å². The number of aromatic amines is 1. The smallest absolute Gasteiger partial charge is 0.258 e. The lowest BCUT2D eigenvalue weighted by molar-refractivity contribution is 0.630. The van der Waals surface area contributed by atoms with Crippen LogP contribution >= 0.6 is 0 Å². The van der Waals surface area contributed by atoms with Crippen molar-refractivity contribution >= 4 is 21.7 Å². The molecule has 3 nitrogen and oxygen atoms in total. The van der Waals surface area contributed by atoms with E-state index in [0.717, 1.165) is 5.39 Å². The van der Waals surface area contributed by atoms with E-state index in [4.69, 9.17) is 0 Å². The number of H-pyrrole nitrogens is 1. The van der Waals surface area contributed by atoms with Crippen molar-refractivity contribution in [1.29, 1.82) is 0 Å². The standard InChI is InChI=1S/C12H7FN2O/c13-8-2-1-7-6-15-10-3-4-14-12(16)11(10)9(7)5-8/h1-6H,(H,14,16). The first-order chi connectivity index (χ1) is 7.75. The van der Waals surface area contributed by atoms with Crippen LogP contribution in [0, 0.1) is 5.82 Å². The summed E-state index contributed by atoms with van der Waals surface area (Å²) in [6, 6.07) is 6.02. The first kappa shape index (κ1) is 9.03. The summed E-state index contributed by atoms with van der Waals surface area (Å²) in [5.74, 6) is -0.358. The minimum absolute atomic E-state index is 0.249. The largest absolute Gasteiger partial charge is 0.328 e. The van der Waals surface area contributed by atoms with Gasteiger partial charge in [0.05, 0.1) is 10.9 Å². The van der Waals surface area contributed by atoms with Gasteiger partial charge >= 0.3 is 0 Å². The molecule has 0 atom stereocenters. The molecule has 0 spiro atoms. The molecule has 0 amide bonds. The van der Waals surface area contributed by atoms with Crippen molar-refractivity contribution in [2.24, 2.45) is 0 Å². The van der Waals surface area contributed by atoms with Crippen LogP contribution in [0.4, 0.5) is 4.39 Å². The number of nitrogens with one attached hydrogen (secondary N) is 1. The maximum Gasteiger partial charge on any atom is 0.258 e. The van der Waals surface area contributed by atoms with Crippen LogP contribution in [0.5, 0.6) is 0 Å². The summed E-state index contributed by atoms with van der Waals surface area (Å²) in [4.78, 5) is 18.4.